The number of sulfonamides is 1. The topological polar surface area (TPSA) is 64.4 Å². The minimum absolute atomic E-state index is 0.265. The van der Waals surface area contributed by atoms with Gasteiger partial charge >= 0.3 is 0 Å². The number of hydrogen-bond acceptors (Lipinski definition) is 4. The van der Waals surface area contributed by atoms with Crippen LogP contribution in [0.5, 0.6) is 0 Å². The molecule has 0 aromatic heterocycles. The van der Waals surface area contributed by atoms with Gasteiger partial charge in [0.25, 0.3) is 0 Å². The molecule has 112 valence electrons. The third-order valence-electron chi connectivity index (χ3n) is 4.27. The third kappa shape index (κ3) is 2.82. The molecule has 0 amide bonds. The largest absolute Gasteiger partial charge is 0.298 e. The van der Waals surface area contributed by atoms with Crippen LogP contribution in [0.25, 0.3) is 0 Å². The second-order valence-electron chi connectivity index (χ2n) is 5.76. The highest BCUT2D eigenvalue weighted by molar-refractivity contribution is 7.89. The molecule has 5 nitrogen and oxygen atoms in total. The Labute approximate surface area is 125 Å². The van der Waals surface area contributed by atoms with Crippen LogP contribution in [-0.2, 0) is 10.0 Å². The zero-order valence-electron chi connectivity index (χ0n) is 12.1. The van der Waals surface area contributed by atoms with E-state index >= 15 is 0 Å². The SMILES string of the molecule is Cc1ccc(C#N)cc1S(=O)(=O)N1CCN(C2CC2)CC1. The van der Waals surface area contributed by atoms with Crippen LogP contribution in [-0.4, -0.2) is 49.8 Å². The van der Waals surface area contributed by atoms with Crippen LogP contribution in [0, 0.1) is 18.3 Å². The summed E-state index contributed by atoms with van der Waals surface area (Å²) in [6, 6.07) is 7.52. The zero-order chi connectivity index (χ0) is 15.0. The Morgan fingerprint density at radius 1 is 1.19 bits per heavy atom. The van der Waals surface area contributed by atoms with E-state index in [0.29, 0.717) is 30.3 Å². The maximum Gasteiger partial charge on any atom is 0.243 e. The first-order valence-electron chi connectivity index (χ1n) is 7.27. The summed E-state index contributed by atoms with van der Waals surface area (Å²) in [4.78, 5) is 2.64. The fraction of sp³-hybridized carbons (Fsp3) is 0.533. The lowest BCUT2D eigenvalue weighted by Gasteiger charge is -2.34. The monoisotopic (exact) mass is 305 g/mol. The standard InChI is InChI=1S/C15H19N3O2S/c1-12-2-3-13(11-16)10-15(12)21(19,20)18-8-6-17(7-9-18)14-4-5-14/h2-3,10,14H,4-9H2,1H3. The first-order chi connectivity index (χ1) is 10.0. The summed E-state index contributed by atoms with van der Waals surface area (Å²) in [6.07, 6.45) is 2.49. The lowest BCUT2D eigenvalue weighted by atomic mass is 10.2. The predicted molar refractivity (Wildman–Crippen MR) is 79.2 cm³/mol. The number of aryl methyl sites for hydroxylation is 1. The highest BCUT2D eigenvalue weighted by Crippen LogP contribution is 2.29. The minimum atomic E-state index is -3.50. The summed E-state index contributed by atoms with van der Waals surface area (Å²) in [5, 5.41) is 8.97. The quantitative estimate of drug-likeness (QED) is 0.845. The molecule has 1 aliphatic carbocycles. The van der Waals surface area contributed by atoms with E-state index in [1.165, 1.54) is 18.9 Å². The Hall–Kier alpha value is -1.42. The van der Waals surface area contributed by atoms with Crippen LogP contribution >= 0.6 is 0 Å². The van der Waals surface area contributed by atoms with Gasteiger partial charge < -0.3 is 0 Å². The van der Waals surface area contributed by atoms with Crippen molar-refractivity contribution in [2.75, 3.05) is 26.2 Å². The molecule has 1 aromatic carbocycles. The van der Waals surface area contributed by atoms with Crippen molar-refractivity contribution in [2.45, 2.75) is 30.7 Å². The molecule has 21 heavy (non-hydrogen) atoms. The van der Waals surface area contributed by atoms with Crippen molar-refractivity contribution >= 4 is 10.0 Å². The normalized spacial score (nSPS) is 21.1. The van der Waals surface area contributed by atoms with Gasteiger partial charge in [-0.05, 0) is 37.5 Å². The molecule has 1 heterocycles. The van der Waals surface area contributed by atoms with Gasteiger partial charge in [0.05, 0.1) is 16.5 Å². The van der Waals surface area contributed by atoms with Gasteiger partial charge in [-0.1, -0.05) is 6.07 Å². The van der Waals surface area contributed by atoms with Crippen LogP contribution < -0.4 is 0 Å². The van der Waals surface area contributed by atoms with E-state index in [-0.39, 0.29) is 4.90 Å². The van der Waals surface area contributed by atoms with E-state index in [4.69, 9.17) is 5.26 Å². The Morgan fingerprint density at radius 3 is 2.43 bits per heavy atom. The molecule has 6 heteroatoms. The van der Waals surface area contributed by atoms with E-state index in [1.54, 1.807) is 23.4 Å². The number of benzene rings is 1. The first kappa shape index (κ1) is 14.5. The molecule has 1 saturated carbocycles. The fourth-order valence-corrected chi connectivity index (χ4v) is 4.51. The summed E-state index contributed by atoms with van der Waals surface area (Å²) in [7, 11) is -3.50. The molecular weight excluding hydrogens is 286 g/mol. The highest BCUT2D eigenvalue weighted by atomic mass is 32.2. The molecule has 0 bridgehead atoms. The molecule has 0 radical (unpaired) electrons. The molecule has 1 saturated heterocycles. The van der Waals surface area contributed by atoms with E-state index in [0.717, 1.165) is 13.1 Å². The third-order valence-corrected chi connectivity index (χ3v) is 6.31. The van der Waals surface area contributed by atoms with Gasteiger partial charge in [0, 0.05) is 32.2 Å². The second-order valence-corrected chi connectivity index (χ2v) is 7.67. The van der Waals surface area contributed by atoms with E-state index in [9.17, 15) is 8.42 Å². The number of nitriles is 1. The number of rotatable bonds is 3. The molecule has 0 atom stereocenters. The van der Waals surface area contributed by atoms with Gasteiger partial charge in [0.2, 0.25) is 10.0 Å². The Morgan fingerprint density at radius 2 is 1.86 bits per heavy atom. The first-order valence-corrected chi connectivity index (χ1v) is 8.71. The summed E-state index contributed by atoms with van der Waals surface area (Å²) >= 11 is 0. The molecule has 3 rings (SSSR count). The highest BCUT2D eigenvalue weighted by Gasteiger charge is 2.35. The van der Waals surface area contributed by atoms with Crippen LogP contribution in [0.2, 0.25) is 0 Å². The van der Waals surface area contributed by atoms with Crippen LogP contribution in [0.3, 0.4) is 0 Å². The fourth-order valence-electron chi connectivity index (χ4n) is 2.84. The molecule has 0 N–H and O–H groups in total. The maximum atomic E-state index is 12.8. The van der Waals surface area contributed by atoms with Crippen molar-refractivity contribution in [3.63, 3.8) is 0 Å². The number of nitrogens with zero attached hydrogens (tertiary/aromatic N) is 3. The average Bonchev–Trinajstić information content (AvgIpc) is 3.32. The van der Waals surface area contributed by atoms with Crippen molar-refractivity contribution in [3.8, 4) is 6.07 Å². The summed E-state index contributed by atoms with van der Waals surface area (Å²) < 4.78 is 27.1. The van der Waals surface area contributed by atoms with E-state index in [2.05, 4.69) is 4.90 Å². The van der Waals surface area contributed by atoms with Crippen molar-refractivity contribution in [1.29, 1.82) is 5.26 Å². The molecule has 2 fully saturated rings. The van der Waals surface area contributed by atoms with Gasteiger partial charge in [-0.25, -0.2) is 8.42 Å². The second kappa shape index (κ2) is 5.41. The lowest BCUT2D eigenvalue weighted by Crippen LogP contribution is -2.49. The molecular formula is C15H19N3O2S. The molecule has 0 unspecified atom stereocenters. The molecule has 2 aliphatic rings. The van der Waals surface area contributed by atoms with Gasteiger partial charge in [0.15, 0.2) is 0 Å². The van der Waals surface area contributed by atoms with Crippen LogP contribution in [0.4, 0.5) is 0 Å². The summed E-state index contributed by atoms with van der Waals surface area (Å²) in [5.74, 6) is 0. The van der Waals surface area contributed by atoms with E-state index in [1.807, 2.05) is 6.07 Å². The van der Waals surface area contributed by atoms with Gasteiger partial charge in [-0.15, -0.1) is 0 Å². The Balaban J connectivity index is 1.82. The smallest absolute Gasteiger partial charge is 0.243 e. The minimum Gasteiger partial charge on any atom is -0.298 e. The summed E-state index contributed by atoms with van der Waals surface area (Å²) in [5.41, 5.74) is 1.08. The number of hydrogen-bond donors (Lipinski definition) is 0. The van der Waals surface area contributed by atoms with Gasteiger partial charge in [0.1, 0.15) is 0 Å². The van der Waals surface area contributed by atoms with Crippen molar-refractivity contribution < 1.29 is 8.42 Å². The summed E-state index contributed by atoms with van der Waals surface area (Å²) in [6.45, 7) is 4.46. The lowest BCUT2D eigenvalue weighted by molar-refractivity contribution is 0.180. The maximum absolute atomic E-state index is 12.8. The van der Waals surface area contributed by atoms with Crippen molar-refractivity contribution in [1.82, 2.24) is 9.21 Å². The average molecular weight is 305 g/mol. The van der Waals surface area contributed by atoms with Crippen LogP contribution in [0.15, 0.2) is 23.1 Å². The Kier molecular flexibility index (Phi) is 3.74. The van der Waals surface area contributed by atoms with E-state index < -0.39 is 10.0 Å². The predicted octanol–water partition coefficient (Wildman–Crippen LogP) is 1.34. The Bertz CT molecular complexity index is 681. The van der Waals surface area contributed by atoms with Crippen molar-refractivity contribution in [3.05, 3.63) is 29.3 Å². The number of piperazine rings is 1. The van der Waals surface area contributed by atoms with Crippen molar-refractivity contribution in [2.24, 2.45) is 0 Å². The van der Waals surface area contributed by atoms with Crippen LogP contribution in [0.1, 0.15) is 24.0 Å². The van der Waals surface area contributed by atoms with Gasteiger partial charge in [-0.2, -0.15) is 9.57 Å². The van der Waals surface area contributed by atoms with Gasteiger partial charge in [-0.3, -0.25) is 4.90 Å². The molecule has 1 aromatic rings. The molecule has 0 spiro atoms. The molecule has 1 aliphatic heterocycles. The zero-order valence-corrected chi connectivity index (χ0v) is 12.9.